The molecule has 0 radical (unpaired) electrons. The Labute approximate surface area is 113 Å². The van der Waals surface area contributed by atoms with E-state index in [9.17, 15) is 9.59 Å². The van der Waals surface area contributed by atoms with Gasteiger partial charge in [-0.15, -0.1) is 0 Å². The van der Waals surface area contributed by atoms with Gasteiger partial charge in [-0.25, -0.2) is 0 Å². The Bertz CT molecular complexity index is 492. The van der Waals surface area contributed by atoms with Crippen molar-refractivity contribution >= 4 is 12.1 Å². The second kappa shape index (κ2) is 6.64. The molecule has 0 unspecified atom stereocenters. The Morgan fingerprint density at radius 2 is 1.37 bits per heavy atom. The molecule has 0 spiro atoms. The van der Waals surface area contributed by atoms with Crippen molar-refractivity contribution in [3.63, 3.8) is 0 Å². The molecule has 2 aromatic carbocycles. The van der Waals surface area contributed by atoms with Gasteiger partial charge in [-0.3, -0.25) is 4.79 Å². The molecule has 0 saturated heterocycles. The van der Waals surface area contributed by atoms with Crippen LogP contribution in [0.25, 0.3) is 0 Å². The van der Waals surface area contributed by atoms with Crippen LogP contribution in [0, 0.1) is 0 Å². The maximum absolute atomic E-state index is 11.8. The minimum atomic E-state index is -0.0206. The van der Waals surface area contributed by atoms with E-state index in [0.29, 0.717) is 12.7 Å². The molecular formula is C17H16O2. The van der Waals surface area contributed by atoms with Crippen LogP contribution >= 0.6 is 0 Å². The summed E-state index contributed by atoms with van der Waals surface area (Å²) in [6.07, 6.45) is 1.04. The smallest absolute Gasteiger partial charge is 0.140 e. The van der Waals surface area contributed by atoms with E-state index in [-0.39, 0.29) is 18.1 Å². The molecule has 0 aliphatic heterocycles. The van der Waals surface area contributed by atoms with Crippen molar-refractivity contribution in [1.82, 2.24) is 0 Å². The highest BCUT2D eigenvalue weighted by atomic mass is 16.1. The predicted octanol–water partition coefficient (Wildman–Crippen LogP) is 3.37. The lowest BCUT2D eigenvalue weighted by Crippen LogP contribution is -2.09. The molecule has 0 heterocycles. The lowest BCUT2D eigenvalue weighted by atomic mass is 9.87. The second-order valence-electron chi connectivity index (χ2n) is 4.49. The molecule has 2 rings (SSSR count). The van der Waals surface area contributed by atoms with Gasteiger partial charge in [0, 0.05) is 12.3 Å². The highest BCUT2D eigenvalue weighted by molar-refractivity contribution is 5.90. The highest BCUT2D eigenvalue weighted by Gasteiger charge is 2.17. The first-order chi connectivity index (χ1) is 9.31. The van der Waals surface area contributed by atoms with Gasteiger partial charge in [-0.1, -0.05) is 60.7 Å². The number of benzene rings is 2. The van der Waals surface area contributed by atoms with Crippen LogP contribution in [0.4, 0.5) is 0 Å². The van der Waals surface area contributed by atoms with E-state index in [1.807, 2.05) is 60.7 Å². The Morgan fingerprint density at radius 1 is 0.895 bits per heavy atom. The topological polar surface area (TPSA) is 34.1 Å². The van der Waals surface area contributed by atoms with Crippen molar-refractivity contribution in [3.05, 3.63) is 71.8 Å². The zero-order chi connectivity index (χ0) is 13.5. The third-order valence-corrected chi connectivity index (χ3v) is 3.15. The zero-order valence-corrected chi connectivity index (χ0v) is 10.7. The molecule has 0 atom stereocenters. The fourth-order valence-electron chi connectivity index (χ4n) is 2.20. The maximum atomic E-state index is 11.8. The SMILES string of the molecule is O=CCC(=O)CC(c1ccccc1)c1ccccc1. The van der Waals surface area contributed by atoms with Crippen molar-refractivity contribution in [2.24, 2.45) is 0 Å². The first-order valence-electron chi connectivity index (χ1n) is 6.36. The number of hydrogen-bond acceptors (Lipinski definition) is 2. The summed E-state index contributed by atoms with van der Waals surface area (Å²) in [6, 6.07) is 19.9. The van der Waals surface area contributed by atoms with Gasteiger partial charge in [0.05, 0.1) is 6.42 Å². The van der Waals surface area contributed by atoms with Crippen LogP contribution in [0.1, 0.15) is 29.9 Å². The van der Waals surface area contributed by atoms with Gasteiger partial charge in [0.15, 0.2) is 0 Å². The van der Waals surface area contributed by atoms with Gasteiger partial charge in [-0.05, 0) is 11.1 Å². The summed E-state index contributed by atoms with van der Waals surface area (Å²) in [5, 5.41) is 0. The Morgan fingerprint density at radius 3 is 1.79 bits per heavy atom. The molecule has 0 amide bonds. The molecule has 96 valence electrons. The van der Waals surface area contributed by atoms with E-state index in [4.69, 9.17) is 0 Å². The Hall–Kier alpha value is -2.22. The number of hydrogen-bond donors (Lipinski definition) is 0. The fourth-order valence-corrected chi connectivity index (χ4v) is 2.20. The minimum Gasteiger partial charge on any atom is -0.303 e. The average Bonchev–Trinajstić information content (AvgIpc) is 2.47. The van der Waals surface area contributed by atoms with Crippen LogP contribution in [-0.2, 0) is 9.59 Å². The molecule has 0 N–H and O–H groups in total. The van der Waals surface area contributed by atoms with Crippen molar-refractivity contribution in [1.29, 1.82) is 0 Å². The molecule has 0 fully saturated rings. The molecule has 19 heavy (non-hydrogen) atoms. The fraction of sp³-hybridized carbons (Fsp3) is 0.176. The van der Waals surface area contributed by atoms with Gasteiger partial charge in [0.1, 0.15) is 12.1 Å². The number of aldehydes is 1. The van der Waals surface area contributed by atoms with Crippen molar-refractivity contribution in [2.75, 3.05) is 0 Å². The van der Waals surface area contributed by atoms with Gasteiger partial charge < -0.3 is 4.79 Å². The van der Waals surface area contributed by atoms with Crippen molar-refractivity contribution in [2.45, 2.75) is 18.8 Å². The first-order valence-corrected chi connectivity index (χ1v) is 6.36. The molecule has 2 nitrogen and oxygen atoms in total. The molecular weight excluding hydrogens is 236 g/mol. The molecule has 0 aliphatic rings. The lowest BCUT2D eigenvalue weighted by Gasteiger charge is -2.16. The third kappa shape index (κ3) is 3.62. The number of ketones is 1. The van der Waals surface area contributed by atoms with E-state index < -0.39 is 0 Å². The van der Waals surface area contributed by atoms with Gasteiger partial charge in [0.25, 0.3) is 0 Å². The number of carbonyl (C=O) groups excluding carboxylic acids is 2. The van der Waals surface area contributed by atoms with Gasteiger partial charge in [0.2, 0.25) is 0 Å². The van der Waals surface area contributed by atoms with Crippen LogP contribution < -0.4 is 0 Å². The number of rotatable bonds is 6. The van der Waals surface area contributed by atoms with Gasteiger partial charge >= 0.3 is 0 Å². The Balaban J connectivity index is 2.29. The molecule has 2 heteroatoms. The zero-order valence-electron chi connectivity index (χ0n) is 10.7. The van der Waals surface area contributed by atoms with Crippen molar-refractivity contribution in [3.8, 4) is 0 Å². The van der Waals surface area contributed by atoms with Crippen LogP contribution in [0.15, 0.2) is 60.7 Å². The summed E-state index contributed by atoms with van der Waals surface area (Å²) >= 11 is 0. The molecule has 2 aromatic rings. The summed E-state index contributed by atoms with van der Waals surface area (Å²) in [5.41, 5.74) is 2.21. The standard InChI is InChI=1S/C17H16O2/c18-12-11-16(19)13-17(14-7-3-1-4-8-14)15-9-5-2-6-10-15/h1-10,12,17H,11,13H2. The quantitative estimate of drug-likeness (QED) is 0.583. The summed E-state index contributed by atoms with van der Waals surface area (Å²) < 4.78 is 0. The first kappa shape index (κ1) is 13.2. The lowest BCUT2D eigenvalue weighted by molar-refractivity contribution is -0.122. The predicted molar refractivity (Wildman–Crippen MR) is 75.0 cm³/mol. The second-order valence-corrected chi connectivity index (χ2v) is 4.49. The number of carbonyl (C=O) groups is 2. The average molecular weight is 252 g/mol. The minimum absolute atomic E-state index is 0.00380. The summed E-state index contributed by atoms with van der Waals surface area (Å²) in [6.45, 7) is 0. The third-order valence-electron chi connectivity index (χ3n) is 3.15. The van der Waals surface area contributed by atoms with Gasteiger partial charge in [-0.2, -0.15) is 0 Å². The van der Waals surface area contributed by atoms with E-state index in [1.54, 1.807) is 0 Å². The van der Waals surface area contributed by atoms with Crippen LogP contribution in [0.2, 0.25) is 0 Å². The molecule has 0 aliphatic carbocycles. The molecule has 0 bridgehead atoms. The molecule has 0 aromatic heterocycles. The van der Waals surface area contributed by atoms with Crippen LogP contribution in [-0.4, -0.2) is 12.1 Å². The summed E-state index contributed by atoms with van der Waals surface area (Å²) in [4.78, 5) is 22.2. The largest absolute Gasteiger partial charge is 0.303 e. The van der Waals surface area contributed by atoms with E-state index in [0.717, 1.165) is 11.1 Å². The molecule has 0 saturated carbocycles. The summed E-state index contributed by atoms with van der Waals surface area (Å²) in [5.74, 6) is 0.00237. The van der Waals surface area contributed by atoms with E-state index in [2.05, 4.69) is 0 Å². The van der Waals surface area contributed by atoms with E-state index in [1.165, 1.54) is 0 Å². The highest BCUT2D eigenvalue weighted by Crippen LogP contribution is 2.28. The Kier molecular flexibility index (Phi) is 4.62. The number of Topliss-reactive ketones (excluding diaryl/α,β-unsaturated/α-hetero) is 1. The maximum Gasteiger partial charge on any atom is 0.140 e. The van der Waals surface area contributed by atoms with Crippen LogP contribution in [0.5, 0.6) is 0 Å². The normalized spacial score (nSPS) is 10.4. The van der Waals surface area contributed by atoms with E-state index >= 15 is 0 Å². The van der Waals surface area contributed by atoms with Crippen LogP contribution in [0.3, 0.4) is 0 Å². The van der Waals surface area contributed by atoms with Crippen molar-refractivity contribution < 1.29 is 9.59 Å². The summed E-state index contributed by atoms with van der Waals surface area (Å²) in [7, 11) is 0. The monoisotopic (exact) mass is 252 g/mol.